The SMILES string of the molecule is BC(B)(c1ccnc(-c2cc3ccccc3c3c2oc2ccccc23)c1)C1CCCCC1. The Morgan fingerprint density at radius 2 is 1.59 bits per heavy atom. The third kappa shape index (κ3) is 3.08. The number of nitrogens with zero attached hydrogens (tertiary/aromatic N) is 1. The van der Waals surface area contributed by atoms with Gasteiger partial charge in [-0.3, -0.25) is 4.98 Å². The van der Waals surface area contributed by atoms with E-state index in [4.69, 9.17) is 9.40 Å². The van der Waals surface area contributed by atoms with Gasteiger partial charge in [-0.1, -0.05) is 85.3 Å². The van der Waals surface area contributed by atoms with Crippen LogP contribution in [0.5, 0.6) is 0 Å². The fraction of sp³-hybridized carbons (Fsp3) is 0.250. The fourth-order valence-electron chi connectivity index (χ4n) is 5.80. The fourth-order valence-corrected chi connectivity index (χ4v) is 5.80. The molecule has 0 atom stereocenters. The molecule has 0 bridgehead atoms. The highest BCUT2D eigenvalue weighted by Crippen LogP contribution is 2.42. The minimum atomic E-state index is 0.141. The van der Waals surface area contributed by atoms with E-state index in [0.717, 1.165) is 28.3 Å². The molecule has 2 heterocycles. The van der Waals surface area contributed by atoms with Crippen LogP contribution in [0.3, 0.4) is 0 Å². The van der Waals surface area contributed by atoms with Crippen molar-refractivity contribution in [3.8, 4) is 11.3 Å². The van der Waals surface area contributed by atoms with Crippen LogP contribution in [0.4, 0.5) is 0 Å². The molecule has 5 aromatic rings. The lowest BCUT2D eigenvalue weighted by Crippen LogP contribution is -2.37. The molecule has 1 aliphatic rings. The van der Waals surface area contributed by atoms with Crippen LogP contribution in [-0.2, 0) is 5.21 Å². The third-order valence-electron chi connectivity index (χ3n) is 7.78. The number of furan rings is 1. The Bertz CT molecular complexity index is 1450. The van der Waals surface area contributed by atoms with Gasteiger partial charge in [0.15, 0.2) is 0 Å². The number of hydrogen-bond acceptors (Lipinski definition) is 2. The number of pyridine rings is 1. The zero-order valence-corrected chi connectivity index (χ0v) is 18.9. The Kier molecular flexibility index (Phi) is 4.64. The first-order chi connectivity index (χ1) is 15.6. The van der Waals surface area contributed by atoms with Gasteiger partial charge >= 0.3 is 0 Å². The summed E-state index contributed by atoms with van der Waals surface area (Å²) in [6.45, 7) is 0. The van der Waals surface area contributed by atoms with Gasteiger partial charge in [-0.25, -0.2) is 0 Å². The molecule has 0 aliphatic heterocycles. The van der Waals surface area contributed by atoms with Gasteiger partial charge in [0.25, 0.3) is 0 Å². The number of hydrogen-bond donors (Lipinski definition) is 0. The Hall–Kier alpha value is -3.00. The van der Waals surface area contributed by atoms with E-state index in [0.29, 0.717) is 0 Å². The maximum absolute atomic E-state index is 6.45. The van der Waals surface area contributed by atoms with Crippen LogP contribution in [-0.4, -0.2) is 20.7 Å². The Morgan fingerprint density at radius 1 is 0.844 bits per heavy atom. The summed E-state index contributed by atoms with van der Waals surface area (Å²) in [5.74, 6) is 0.731. The Labute approximate surface area is 190 Å². The number of aromatic nitrogens is 1. The molecule has 4 heteroatoms. The minimum absolute atomic E-state index is 0.141. The third-order valence-corrected chi connectivity index (χ3v) is 7.78. The van der Waals surface area contributed by atoms with E-state index in [1.54, 1.807) is 0 Å². The van der Waals surface area contributed by atoms with Crippen molar-refractivity contribution in [3.63, 3.8) is 0 Å². The molecular formula is C28H27B2NO. The molecule has 6 rings (SSSR count). The van der Waals surface area contributed by atoms with Gasteiger partial charge in [-0.05, 0) is 41.0 Å². The molecule has 1 fully saturated rings. The summed E-state index contributed by atoms with van der Waals surface area (Å²) in [4.78, 5) is 4.84. The van der Waals surface area contributed by atoms with Crippen LogP contribution in [0, 0.1) is 5.92 Å². The topological polar surface area (TPSA) is 26.0 Å². The summed E-state index contributed by atoms with van der Waals surface area (Å²) in [6, 6.07) is 23.7. The monoisotopic (exact) mass is 415 g/mol. The van der Waals surface area contributed by atoms with Crippen molar-refractivity contribution in [1.29, 1.82) is 0 Å². The second-order valence-corrected chi connectivity index (χ2v) is 9.93. The first-order valence-corrected chi connectivity index (χ1v) is 11.9. The Balaban J connectivity index is 1.58. The van der Waals surface area contributed by atoms with Gasteiger partial charge in [-0.15, -0.1) is 0 Å². The molecule has 0 unspecified atom stereocenters. The standard InChI is InChI=1S/C28H27B2NO/c29-28(30,19-9-2-1-3-10-19)20-14-15-31-24(17-20)23-16-18-8-4-5-11-21(18)26-22-12-6-7-13-25(22)32-27(23)26/h4-8,11-17,19H,1-3,9-10,29-30H2. The first kappa shape index (κ1) is 19.7. The maximum atomic E-state index is 6.45. The van der Waals surface area contributed by atoms with E-state index in [1.807, 2.05) is 12.3 Å². The number of fused-ring (bicyclic) bond motifs is 5. The molecule has 32 heavy (non-hydrogen) atoms. The van der Waals surface area contributed by atoms with E-state index in [9.17, 15) is 0 Å². The van der Waals surface area contributed by atoms with Crippen molar-refractivity contribution >= 4 is 48.4 Å². The summed E-state index contributed by atoms with van der Waals surface area (Å²) >= 11 is 0. The summed E-state index contributed by atoms with van der Waals surface area (Å²) in [6.07, 6.45) is 8.74. The molecule has 1 saturated carbocycles. The highest BCUT2D eigenvalue weighted by Gasteiger charge is 2.32. The van der Waals surface area contributed by atoms with Gasteiger partial charge in [0.2, 0.25) is 0 Å². The highest BCUT2D eigenvalue weighted by atomic mass is 16.3. The lowest BCUT2D eigenvalue weighted by molar-refractivity contribution is 0.327. The van der Waals surface area contributed by atoms with Crippen LogP contribution in [0.1, 0.15) is 37.7 Å². The predicted octanol–water partition coefficient (Wildman–Crippen LogP) is 5.80. The zero-order valence-electron chi connectivity index (χ0n) is 18.9. The molecule has 2 aromatic heterocycles. The van der Waals surface area contributed by atoms with Crippen molar-refractivity contribution in [1.82, 2.24) is 4.98 Å². The molecule has 0 N–H and O–H groups in total. The summed E-state index contributed by atoms with van der Waals surface area (Å²) in [7, 11) is 4.83. The maximum Gasteiger partial charge on any atom is 0.145 e. The van der Waals surface area contributed by atoms with Crippen LogP contribution in [0.2, 0.25) is 0 Å². The number of para-hydroxylation sites is 1. The second-order valence-electron chi connectivity index (χ2n) is 9.93. The van der Waals surface area contributed by atoms with Crippen LogP contribution in [0.25, 0.3) is 44.0 Å². The minimum Gasteiger partial charge on any atom is -0.455 e. The molecule has 0 saturated heterocycles. The summed E-state index contributed by atoms with van der Waals surface area (Å²) in [5, 5.41) is 4.95. The first-order valence-electron chi connectivity index (χ1n) is 11.9. The lowest BCUT2D eigenvalue weighted by atomic mass is 9.43. The van der Waals surface area contributed by atoms with E-state index in [1.165, 1.54) is 59.2 Å². The molecule has 156 valence electrons. The van der Waals surface area contributed by atoms with Crippen molar-refractivity contribution in [2.75, 3.05) is 0 Å². The van der Waals surface area contributed by atoms with Crippen LogP contribution in [0.15, 0.2) is 77.3 Å². The smallest absolute Gasteiger partial charge is 0.145 e. The van der Waals surface area contributed by atoms with E-state index < -0.39 is 0 Å². The number of benzene rings is 3. The largest absolute Gasteiger partial charge is 0.455 e. The molecule has 0 radical (unpaired) electrons. The molecule has 0 amide bonds. The van der Waals surface area contributed by atoms with Crippen LogP contribution < -0.4 is 0 Å². The average Bonchev–Trinajstić information content (AvgIpc) is 3.24. The van der Waals surface area contributed by atoms with Gasteiger partial charge in [0, 0.05) is 22.5 Å². The van der Waals surface area contributed by atoms with E-state index in [-0.39, 0.29) is 5.21 Å². The van der Waals surface area contributed by atoms with Crippen molar-refractivity contribution < 1.29 is 4.42 Å². The van der Waals surface area contributed by atoms with E-state index in [2.05, 4.69) is 76.4 Å². The molecular weight excluding hydrogens is 388 g/mol. The van der Waals surface area contributed by atoms with Crippen molar-refractivity contribution in [3.05, 3.63) is 78.5 Å². The quantitative estimate of drug-likeness (QED) is 0.348. The Morgan fingerprint density at radius 3 is 2.44 bits per heavy atom. The molecule has 1 aliphatic carbocycles. The zero-order chi connectivity index (χ0) is 21.7. The summed E-state index contributed by atoms with van der Waals surface area (Å²) < 4.78 is 6.45. The van der Waals surface area contributed by atoms with Gasteiger partial charge in [0.1, 0.15) is 26.9 Å². The van der Waals surface area contributed by atoms with Crippen LogP contribution >= 0.6 is 0 Å². The average molecular weight is 415 g/mol. The van der Waals surface area contributed by atoms with Crippen molar-refractivity contribution in [2.45, 2.75) is 37.3 Å². The van der Waals surface area contributed by atoms with Gasteiger partial charge in [0.05, 0.1) is 5.69 Å². The lowest BCUT2D eigenvalue weighted by Gasteiger charge is -2.38. The van der Waals surface area contributed by atoms with Gasteiger partial charge < -0.3 is 4.42 Å². The normalized spacial score (nSPS) is 15.6. The molecule has 3 aromatic carbocycles. The van der Waals surface area contributed by atoms with E-state index >= 15 is 0 Å². The predicted molar refractivity (Wildman–Crippen MR) is 140 cm³/mol. The highest BCUT2D eigenvalue weighted by molar-refractivity contribution is 6.40. The number of rotatable bonds is 3. The van der Waals surface area contributed by atoms with Crippen molar-refractivity contribution in [2.24, 2.45) is 5.92 Å². The molecule has 0 spiro atoms. The summed E-state index contributed by atoms with van der Waals surface area (Å²) in [5.41, 5.74) is 5.33. The second kappa shape index (κ2) is 7.55. The van der Waals surface area contributed by atoms with Gasteiger partial charge in [-0.2, -0.15) is 0 Å². The molecule has 2 nitrogen and oxygen atoms in total.